The van der Waals surface area contributed by atoms with Crippen molar-refractivity contribution in [1.82, 2.24) is 15.0 Å². The van der Waals surface area contributed by atoms with E-state index in [0.717, 1.165) is 5.56 Å². The molecule has 0 saturated carbocycles. The Labute approximate surface area is 147 Å². The van der Waals surface area contributed by atoms with E-state index in [-0.39, 0.29) is 17.1 Å². The molecule has 0 amide bonds. The minimum Gasteiger partial charge on any atom is -0.345 e. The molecule has 0 unspecified atom stereocenters. The number of rotatable bonds is 3. The van der Waals surface area contributed by atoms with Crippen LogP contribution in [0.15, 0.2) is 47.7 Å². The first-order valence-corrected chi connectivity index (χ1v) is 7.41. The molecule has 0 atom stereocenters. The molecule has 0 aliphatic carbocycles. The third-order valence-electron chi connectivity index (χ3n) is 3.63. The summed E-state index contributed by atoms with van der Waals surface area (Å²) >= 11 is 0. The molecule has 26 heavy (non-hydrogen) atoms. The van der Waals surface area contributed by atoms with Gasteiger partial charge in [-0.05, 0) is 48.9 Å². The quantitative estimate of drug-likeness (QED) is 0.731. The predicted molar refractivity (Wildman–Crippen MR) is 91.0 cm³/mol. The molecule has 7 nitrogen and oxygen atoms in total. The lowest BCUT2D eigenvalue weighted by atomic mass is 10.1. The van der Waals surface area contributed by atoms with Gasteiger partial charge in [-0.3, -0.25) is 0 Å². The zero-order valence-electron chi connectivity index (χ0n) is 13.5. The average molecular weight is 343 g/mol. The molecular formula is C18H10FN7. The first-order valence-electron chi connectivity index (χ1n) is 7.41. The number of benzene rings is 2. The van der Waals surface area contributed by atoms with Crippen LogP contribution in [0.1, 0.15) is 5.56 Å². The van der Waals surface area contributed by atoms with Gasteiger partial charge in [0, 0.05) is 5.69 Å². The van der Waals surface area contributed by atoms with Crippen molar-refractivity contribution in [1.29, 1.82) is 15.8 Å². The van der Waals surface area contributed by atoms with Crippen LogP contribution in [0.25, 0.3) is 16.7 Å². The van der Waals surface area contributed by atoms with Crippen molar-refractivity contribution in [3.63, 3.8) is 0 Å². The summed E-state index contributed by atoms with van der Waals surface area (Å²) in [6.07, 6.45) is 0. The highest BCUT2D eigenvalue weighted by atomic mass is 19.1. The van der Waals surface area contributed by atoms with Gasteiger partial charge in [0.25, 0.3) is 0 Å². The van der Waals surface area contributed by atoms with Gasteiger partial charge in [0.1, 0.15) is 40.8 Å². The molecule has 1 N–H and O–H groups in total. The molecule has 1 heterocycles. The number of fused-ring (bicyclic) bond motifs is 1. The Bertz CT molecular complexity index is 1140. The Morgan fingerprint density at radius 1 is 1.00 bits per heavy atom. The monoisotopic (exact) mass is 343 g/mol. The van der Waals surface area contributed by atoms with Crippen molar-refractivity contribution in [2.45, 2.75) is 6.92 Å². The van der Waals surface area contributed by atoms with E-state index in [2.05, 4.69) is 15.5 Å². The average Bonchev–Trinajstić information content (AvgIpc) is 3.05. The molecule has 2 aromatic carbocycles. The van der Waals surface area contributed by atoms with Crippen LogP contribution < -0.4 is 5.32 Å². The highest BCUT2D eigenvalue weighted by Crippen LogP contribution is 2.24. The maximum absolute atomic E-state index is 13.1. The Morgan fingerprint density at radius 3 is 2.19 bits per heavy atom. The zero-order valence-corrected chi connectivity index (χ0v) is 13.5. The standard InChI is InChI=1S/C18H10FN7/c1-11-6-16-17(7-15(11)23-18(10-22)12(8-20)9-21)25-26(24-16)14-4-2-13(19)3-5-14/h2-7,23H,1H3. The lowest BCUT2D eigenvalue weighted by Crippen LogP contribution is -2.02. The van der Waals surface area contributed by atoms with Crippen LogP contribution in [-0.2, 0) is 0 Å². The van der Waals surface area contributed by atoms with E-state index in [1.165, 1.54) is 16.9 Å². The van der Waals surface area contributed by atoms with E-state index >= 15 is 0 Å². The number of hydrogen-bond acceptors (Lipinski definition) is 6. The number of nitrogens with zero attached hydrogens (tertiary/aromatic N) is 6. The van der Waals surface area contributed by atoms with E-state index in [9.17, 15) is 4.39 Å². The summed E-state index contributed by atoms with van der Waals surface area (Å²) in [4.78, 5) is 1.38. The Balaban J connectivity index is 2.05. The van der Waals surface area contributed by atoms with E-state index < -0.39 is 0 Å². The van der Waals surface area contributed by atoms with Gasteiger partial charge in [-0.2, -0.15) is 20.6 Å². The summed E-state index contributed by atoms with van der Waals surface area (Å²) in [7, 11) is 0. The van der Waals surface area contributed by atoms with Crippen LogP contribution in [0.5, 0.6) is 0 Å². The largest absolute Gasteiger partial charge is 0.345 e. The van der Waals surface area contributed by atoms with Crippen LogP contribution in [0.3, 0.4) is 0 Å². The van der Waals surface area contributed by atoms with Crippen LogP contribution >= 0.6 is 0 Å². The molecule has 3 rings (SSSR count). The molecule has 0 saturated heterocycles. The Hall–Kier alpha value is -4.22. The number of aromatic nitrogens is 3. The van der Waals surface area contributed by atoms with E-state index in [1.54, 1.807) is 43.3 Å². The van der Waals surface area contributed by atoms with Crippen LogP contribution in [0.4, 0.5) is 10.1 Å². The van der Waals surface area contributed by atoms with Gasteiger partial charge < -0.3 is 5.32 Å². The molecule has 3 aromatic rings. The van der Waals surface area contributed by atoms with Crippen LogP contribution in [-0.4, -0.2) is 15.0 Å². The Kier molecular flexibility index (Phi) is 4.30. The fraction of sp³-hybridized carbons (Fsp3) is 0.0556. The normalized spacial score (nSPS) is 9.81. The number of hydrogen-bond donors (Lipinski definition) is 1. The topological polar surface area (TPSA) is 114 Å². The number of aryl methyl sites for hydroxylation is 1. The second kappa shape index (κ2) is 6.72. The van der Waals surface area contributed by atoms with Crippen LogP contribution in [0, 0.1) is 46.7 Å². The fourth-order valence-corrected chi connectivity index (χ4v) is 2.31. The summed E-state index contributed by atoms with van der Waals surface area (Å²) in [6.45, 7) is 1.80. The molecule has 0 aliphatic rings. The number of nitriles is 3. The molecule has 0 spiro atoms. The van der Waals surface area contributed by atoms with E-state index in [4.69, 9.17) is 15.8 Å². The predicted octanol–water partition coefficient (Wildman–Crippen LogP) is 3.10. The zero-order chi connectivity index (χ0) is 18.7. The molecule has 8 heteroatoms. The first kappa shape index (κ1) is 16.6. The minimum atomic E-state index is -0.352. The molecule has 0 radical (unpaired) electrons. The number of halogens is 1. The summed E-state index contributed by atoms with van der Waals surface area (Å²) < 4.78 is 13.1. The van der Waals surface area contributed by atoms with Crippen LogP contribution in [0.2, 0.25) is 0 Å². The van der Waals surface area contributed by atoms with Gasteiger partial charge in [-0.15, -0.1) is 10.2 Å². The van der Waals surface area contributed by atoms with Crippen molar-refractivity contribution in [3.05, 3.63) is 59.0 Å². The van der Waals surface area contributed by atoms with Crippen molar-refractivity contribution in [2.24, 2.45) is 0 Å². The fourth-order valence-electron chi connectivity index (χ4n) is 2.31. The molecule has 0 fully saturated rings. The van der Waals surface area contributed by atoms with E-state index in [1.807, 2.05) is 6.07 Å². The third kappa shape index (κ3) is 3.06. The molecule has 124 valence electrons. The highest BCUT2D eigenvalue weighted by Gasteiger charge is 2.12. The second-order valence-corrected chi connectivity index (χ2v) is 5.33. The molecule has 0 aliphatic heterocycles. The molecule has 1 aromatic heterocycles. The van der Waals surface area contributed by atoms with Crippen molar-refractivity contribution < 1.29 is 4.39 Å². The summed E-state index contributed by atoms with van der Waals surface area (Å²) in [5.74, 6) is -0.352. The summed E-state index contributed by atoms with van der Waals surface area (Å²) in [6, 6.07) is 14.4. The number of nitrogens with one attached hydrogen (secondary N) is 1. The maximum Gasteiger partial charge on any atom is 0.163 e. The Morgan fingerprint density at radius 2 is 1.62 bits per heavy atom. The SMILES string of the molecule is Cc1cc2nn(-c3ccc(F)cc3)nc2cc1NC(C#N)=C(C#N)C#N. The first-order chi connectivity index (χ1) is 12.5. The van der Waals surface area contributed by atoms with E-state index in [0.29, 0.717) is 22.4 Å². The minimum absolute atomic E-state index is 0.136. The van der Waals surface area contributed by atoms with Gasteiger partial charge in [-0.1, -0.05) is 0 Å². The smallest absolute Gasteiger partial charge is 0.163 e. The van der Waals surface area contributed by atoms with Crippen molar-refractivity contribution in [2.75, 3.05) is 5.32 Å². The lowest BCUT2D eigenvalue weighted by molar-refractivity contribution is 0.626. The van der Waals surface area contributed by atoms with Gasteiger partial charge in [0.05, 0.1) is 5.69 Å². The second-order valence-electron chi connectivity index (χ2n) is 5.33. The van der Waals surface area contributed by atoms with Gasteiger partial charge in [-0.25, -0.2) is 4.39 Å². The molecule has 0 bridgehead atoms. The third-order valence-corrected chi connectivity index (χ3v) is 3.63. The van der Waals surface area contributed by atoms with Gasteiger partial charge in [0.2, 0.25) is 0 Å². The summed E-state index contributed by atoms with van der Waals surface area (Å²) in [5, 5.41) is 38.5. The lowest BCUT2D eigenvalue weighted by Gasteiger charge is -2.07. The van der Waals surface area contributed by atoms with Gasteiger partial charge in [0.15, 0.2) is 5.57 Å². The number of anilines is 1. The number of allylic oxidation sites excluding steroid dienone is 2. The van der Waals surface area contributed by atoms with Crippen molar-refractivity contribution >= 4 is 16.7 Å². The van der Waals surface area contributed by atoms with Crippen molar-refractivity contribution in [3.8, 4) is 23.9 Å². The molecular weight excluding hydrogens is 333 g/mol. The maximum atomic E-state index is 13.1. The summed E-state index contributed by atoms with van der Waals surface area (Å²) in [5.41, 5.74) is 2.60. The van der Waals surface area contributed by atoms with Gasteiger partial charge >= 0.3 is 0 Å². The highest BCUT2D eigenvalue weighted by molar-refractivity contribution is 5.81.